The maximum Gasteiger partial charge on any atom is 0.303 e. The van der Waals surface area contributed by atoms with Crippen LogP contribution < -0.4 is 0 Å². The van der Waals surface area contributed by atoms with Crippen LogP contribution in [0.2, 0.25) is 0 Å². The molecule has 1 rings (SSSR count). The van der Waals surface area contributed by atoms with Crippen molar-refractivity contribution in [1.82, 2.24) is 20.2 Å². The molecular formula is C10H18N4O4. The number of methoxy groups -OCH3 is 1. The van der Waals surface area contributed by atoms with Gasteiger partial charge in [0.05, 0.1) is 13.2 Å². The van der Waals surface area contributed by atoms with Crippen molar-refractivity contribution < 1.29 is 19.4 Å². The van der Waals surface area contributed by atoms with Gasteiger partial charge in [-0.15, -0.1) is 5.10 Å². The van der Waals surface area contributed by atoms with Crippen molar-refractivity contribution in [3.8, 4) is 0 Å². The van der Waals surface area contributed by atoms with Crippen molar-refractivity contribution in [3.05, 3.63) is 5.82 Å². The monoisotopic (exact) mass is 258 g/mol. The van der Waals surface area contributed by atoms with Crippen LogP contribution >= 0.6 is 0 Å². The number of nitrogens with zero attached hydrogens (tertiary/aromatic N) is 4. The number of ether oxygens (including phenoxy) is 2. The van der Waals surface area contributed by atoms with Crippen molar-refractivity contribution in [2.75, 3.05) is 20.3 Å². The average Bonchev–Trinajstić information content (AvgIpc) is 2.71. The number of rotatable bonds is 9. The summed E-state index contributed by atoms with van der Waals surface area (Å²) in [6.45, 7) is 3.56. The van der Waals surface area contributed by atoms with Crippen molar-refractivity contribution in [2.45, 2.75) is 26.5 Å². The second kappa shape index (κ2) is 7.72. The van der Waals surface area contributed by atoms with Gasteiger partial charge in [-0.25, -0.2) is 4.68 Å². The molecule has 0 amide bonds. The Kier molecular flexibility index (Phi) is 6.23. The summed E-state index contributed by atoms with van der Waals surface area (Å²) >= 11 is 0. The molecule has 1 heterocycles. The van der Waals surface area contributed by atoms with E-state index in [0.717, 1.165) is 0 Å². The fourth-order valence-electron chi connectivity index (χ4n) is 1.43. The van der Waals surface area contributed by atoms with E-state index in [1.807, 2.05) is 6.92 Å². The average molecular weight is 258 g/mol. The van der Waals surface area contributed by atoms with Gasteiger partial charge in [0.2, 0.25) is 0 Å². The molecule has 0 fully saturated rings. The van der Waals surface area contributed by atoms with E-state index >= 15 is 0 Å². The first-order chi connectivity index (χ1) is 8.63. The normalized spacial score (nSPS) is 12.6. The van der Waals surface area contributed by atoms with Crippen molar-refractivity contribution in [2.24, 2.45) is 5.92 Å². The summed E-state index contributed by atoms with van der Waals surface area (Å²) in [4.78, 5) is 10.6. The summed E-state index contributed by atoms with van der Waals surface area (Å²) in [6, 6.07) is 0. The molecule has 1 unspecified atom stereocenters. The second-order valence-corrected chi connectivity index (χ2v) is 4.03. The quantitative estimate of drug-likeness (QED) is 0.620. The van der Waals surface area contributed by atoms with E-state index in [1.54, 1.807) is 11.8 Å². The van der Waals surface area contributed by atoms with E-state index < -0.39 is 5.97 Å². The van der Waals surface area contributed by atoms with Crippen LogP contribution in [0.1, 0.15) is 19.2 Å². The molecule has 1 aromatic rings. The molecule has 8 heteroatoms. The highest BCUT2D eigenvalue weighted by molar-refractivity contribution is 5.66. The van der Waals surface area contributed by atoms with Crippen LogP contribution in [0.4, 0.5) is 0 Å². The Hall–Kier alpha value is -1.54. The molecule has 0 aliphatic heterocycles. The summed E-state index contributed by atoms with van der Waals surface area (Å²) in [5, 5.41) is 19.9. The van der Waals surface area contributed by atoms with E-state index in [-0.39, 0.29) is 18.9 Å². The Morgan fingerprint density at radius 3 is 2.94 bits per heavy atom. The topological polar surface area (TPSA) is 99.4 Å². The third kappa shape index (κ3) is 5.19. The maximum atomic E-state index is 10.6. The molecule has 0 aliphatic carbocycles. The van der Waals surface area contributed by atoms with Crippen LogP contribution in [-0.4, -0.2) is 51.6 Å². The number of tetrazole rings is 1. The largest absolute Gasteiger partial charge is 0.481 e. The molecule has 0 radical (unpaired) electrons. The van der Waals surface area contributed by atoms with Crippen LogP contribution in [0.15, 0.2) is 0 Å². The molecule has 0 spiro atoms. The van der Waals surface area contributed by atoms with Gasteiger partial charge in [-0.05, 0) is 16.3 Å². The van der Waals surface area contributed by atoms with Crippen molar-refractivity contribution >= 4 is 5.97 Å². The summed E-state index contributed by atoms with van der Waals surface area (Å²) in [5.41, 5.74) is 0. The van der Waals surface area contributed by atoms with Gasteiger partial charge < -0.3 is 14.6 Å². The summed E-state index contributed by atoms with van der Waals surface area (Å²) in [5.74, 6) is -0.277. The molecule has 0 aliphatic rings. The number of carboxylic acids is 1. The lowest BCUT2D eigenvalue weighted by molar-refractivity contribution is -0.138. The number of aromatic nitrogens is 4. The Morgan fingerprint density at radius 2 is 2.28 bits per heavy atom. The predicted molar refractivity (Wildman–Crippen MR) is 60.8 cm³/mol. The second-order valence-electron chi connectivity index (χ2n) is 4.03. The maximum absolute atomic E-state index is 10.6. The number of hydrogen-bond donors (Lipinski definition) is 1. The minimum absolute atomic E-state index is 0.0382. The molecule has 0 aromatic carbocycles. The van der Waals surface area contributed by atoms with Crippen LogP contribution in [0.5, 0.6) is 0 Å². The van der Waals surface area contributed by atoms with Crippen LogP contribution in [0.25, 0.3) is 0 Å². The molecular weight excluding hydrogens is 240 g/mol. The first-order valence-corrected chi connectivity index (χ1v) is 5.67. The number of hydrogen-bond acceptors (Lipinski definition) is 6. The molecule has 1 atom stereocenters. The van der Waals surface area contributed by atoms with Gasteiger partial charge in [0.15, 0.2) is 5.82 Å². The van der Waals surface area contributed by atoms with Crippen LogP contribution in [-0.2, 0) is 27.4 Å². The Balaban J connectivity index is 2.41. The van der Waals surface area contributed by atoms with Gasteiger partial charge in [-0.3, -0.25) is 4.79 Å². The SMILES string of the molecule is COCCOCc1nnnn1CC(C)CC(=O)O. The standard InChI is InChI=1S/C10H18N4O4/c1-8(5-10(15)16)6-14-9(11-12-13-14)7-18-4-3-17-2/h8H,3-7H2,1-2H3,(H,15,16). The smallest absolute Gasteiger partial charge is 0.303 e. The molecule has 0 bridgehead atoms. The van der Waals surface area contributed by atoms with Crippen molar-refractivity contribution in [3.63, 3.8) is 0 Å². The molecule has 1 aromatic heterocycles. The fourth-order valence-corrected chi connectivity index (χ4v) is 1.43. The minimum atomic E-state index is -0.825. The highest BCUT2D eigenvalue weighted by atomic mass is 16.5. The van der Waals surface area contributed by atoms with E-state index in [0.29, 0.717) is 25.6 Å². The highest BCUT2D eigenvalue weighted by Gasteiger charge is 2.12. The van der Waals surface area contributed by atoms with Gasteiger partial charge in [0, 0.05) is 20.1 Å². The molecule has 0 saturated carbocycles. The number of carboxylic acid groups (broad SMARTS) is 1. The lowest BCUT2D eigenvalue weighted by Crippen LogP contribution is -2.16. The molecule has 0 saturated heterocycles. The third-order valence-corrected chi connectivity index (χ3v) is 2.28. The third-order valence-electron chi connectivity index (χ3n) is 2.28. The molecule has 8 nitrogen and oxygen atoms in total. The number of carbonyl (C=O) groups is 1. The zero-order valence-electron chi connectivity index (χ0n) is 10.6. The van der Waals surface area contributed by atoms with Crippen LogP contribution in [0, 0.1) is 5.92 Å². The Labute approximate surface area is 105 Å². The molecule has 1 N–H and O–H groups in total. The Bertz CT molecular complexity index is 369. The highest BCUT2D eigenvalue weighted by Crippen LogP contribution is 2.06. The first-order valence-electron chi connectivity index (χ1n) is 5.67. The first kappa shape index (κ1) is 14.5. The zero-order valence-corrected chi connectivity index (χ0v) is 10.6. The van der Waals surface area contributed by atoms with Gasteiger partial charge >= 0.3 is 5.97 Å². The number of aliphatic carboxylic acids is 1. The molecule has 18 heavy (non-hydrogen) atoms. The molecule has 102 valence electrons. The van der Waals surface area contributed by atoms with E-state index in [1.165, 1.54) is 0 Å². The van der Waals surface area contributed by atoms with Gasteiger partial charge in [0.1, 0.15) is 6.61 Å². The Morgan fingerprint density at radius 1 is 1.50 bits per heavy atom. The van der Waals surface area contributed by atoms with E-state index in [9.17, 15) is 4.79 Å². The van der Waals surface area contributed by atoms with E-state index in [2.05, 4.69) is 15.5 Å². The van der Waals surface area contributed by atoms with Gasteiger partial charge in [0.25, 0.3) is 0 Å². The lowest BCUT2D eigenvalue weighted by Gasteiger charge is -2.10. The van der Waals surface area contributed by atoms with Crippen molar-refractivity contribution in [1.29, 1.82) is 0 Å². The minimum Gasteiger partial charge on any atom is -0.481 e. The summed E-state index contributed by atoms with van der Waals surface area (Å²) < 4.78 is 11.7. The predicted octanol–water partition coefficient (Wildman–Crippen LogP) is -0.0531. The fraction of sp³-hybridized carbons (Fsp3) is 0.800. The van der Waals surface area contributed by atoms with Crippen LogP contribution in [0.3, 0.4) is 0 Å². The van der Waals surface area contributed by atoms with E-state index in [4.69, 9.17) is 14.6 Å². The van der Waals surface area contributed by atoms with Gasteiger partial charge in [-0.2, -0.15) is 0 Å². The van der Waals surface area contributed by atoms with Gasteiger partial charge in [-0.1, -0.05) is 6.92 Å². The summed E-state index contributed by atoms with van der Waals surface area (Å²) in [6.07, 6.45) is 0.0871. The summed E-state index contributed by atoms with van der Waals surface area (Å²) in [7, 11) is 1.60. The zero-order chi connectivity index (χ0) is 13.4. The lowest BCUT2D eigenvalue weighted by atomic mass is 10.1.